The molecule has 0 saturated carbocycles. The zero-order valence-corrected chi connectivity index (χ0v) is 40.8. The first-order valence-corrected chi connectivity index (χ1v) is 37.2. The van der Waals surface area contributed by atoms with Gasteiger partial charge in [-0.1, -0.05) is 0 Å². The minimum atomic E-state index is -2.24. The van der Waals surface area contributed by atoms with E-state index in [2.05, 4.69) is 78.6 Å². The van der Waals surface area contributed by atoms with Crippen molar-refractivity contribution < 1.29 is 55.1 Å². The van der Waals surface area contributed by atoms with Crippen molar-refractivity contribution in [2.45, 2.75) is 128 Å². The van der Waals surface area contributed by atoms with Crippen LogP contribution in [0.3, 0.4) is 0 Å². The summed E-state index contributed by atoms with van der Waals surface area (Å²) >= 11 is 0. The molecule has 0 saturated heterocycles. The van der Waals surface area contributed by atoms with Crippen molar-refractivity contribution in [2.24, 2.45) is 0 Å². The van der Waals surface area contributed by atoms with Gasteiger partial charge in [-0.2, -0.15) is 0 Å². The van der Waals surface area contributed by atoms with E-state index in [1.165, 1.54) is 0 Å². The van der Waals surface area contributed by atoms with Gasteiger partial charge in [0.25, 0.3) is 0 Å². The summed E-state index contributed by atoms with van der Waals surface area (Å²) in [4.78, 5) is 0. The molecule has 0 heterocycles. The highest BCUT2D eigenvalue weighted by Crippen LogP contribution is 2.27. The lowest BCUT2D eigenvalue weighted by molar-refractivity contribution is -0.0813. The van der Waals surface area contributed by atoms with Gasteiger partial charge >= 0.3 is 17.1 Å². The van der Waals surface area contributed by atoms with E-state index in [4.69, 9.17) is 55.1 Å². The fraction of sp³-hybridized carbons (Fsp3) is 1.00. The van der Waals surface area contributed by atoms with Gasteiger partial charge in [0, 0.05) is 26.4 Å². The molecule has 12 nitrogen and oxygen atoms in total. The summed E-state index contributed by atoms with van der Waals surface area (Å²) in [5, 5.41) is 17.7. The van der Waals surface area contributed by atoms with Gasteiger partial charge in [-0.15, -0.1) is 0 Å². The molecule has 0 unspecified atom stereocenters. The van der Waals surface area contributed by atoms with Crippen molar-refractivity contribution in [3.8, 4) is 0 Å². The lowest BCUT2D eigenvalue weighted by Gasteiger charge is -2.39. The SMILES string of the molecule is C[Si](C)(CCCOCCO)O[Si](C)(C)O[Si](C)(C)CCCOCCOCOCCOCCC[Si](C)(C)O[Si](C)(C)O[Si](C)(C)CCCOCCO. The van der Waals surface area contributed by atoms with Crippen LogP contribution in [0.5, 0.6) is 0 Å². The minimum Gasteiger partial charge on any atom is -0.437 e. The summed E-state index contributed by atoms with van der Waals surface area (Å²) in [5.74, 6) is 0. The first-order valence-electron chi connectivity index (χ1n) is 19.1. The molecule has 0 radical (unpaired) electrons. The number of aliphatic hydroxyl groups excluding tert-OH is 2. The molecule has 0 aliphatic heterocycles. The summed E-state index contributed by atoms with van der Waals surface area (Å²) in [6.45, 7) is 32.8. The maximum atomic E-state index is 8.86. The maximum absolute atomic E-state index is 8.86. The maximum Gasteiger partial charge on any atom is 0.311 e. The fourth-order valence-corrected chi connectivity index (χ4v) is 34.2. The highest BCUT2D eigenvalue weighted by molar-refractivity contribution is 6.88. The van der Waals surface area contributed by atoms with Crippen LogP contribution >= 0.6 is 0 Å². The third kappa shape index (κ3) is 32.7. The molecular weight excluding hydrogens is 757 g/mol. The van der Waals surface area contributed by atoms with Gasteiger partial charge in [-0.05, 0) is 128 Å². The topological polar surface area (TPSA) is 133 Å². The highest BCUT2D eigenvalue weighted by atomic mass is 28.5. The van der Waals surface area contributed by atoms with Gasteiger partial charge in [0.1, 0.15) is 6.79 Å². The molecule has 308 valence electrons. The second-order valence-electron chi connectivity index (χ2n) is 16.5. The molecule has 0 aromatic heterocycles. The lowest BCUT2D eigenvalue weighted by Crippen LogP contribution is -2.52. The van der Waals surface area contributed by atoms with Crippen LogP contribution < -0.4 is 0 Å². The summed E-state index contributed by atoms with van der Waals surface area (Å²) in [6, 6.07) is 4.10. The van der Waals surface area contributed by atoms with Gasteiger partial charge in [-0.3, -0.25) is 0 Å². The molecule has 2 N–H and O–H groups in total. The molecule has 0 atom stereocenters. The molecule has 0 aromatic rings. The van der Waals surface area contributed by atoms with E-state index >= 15 is 0 Å². The Bertz CT molecular complexity index is 787. The summed E-state index contributed by atoms with van der Waals surface area (Å²) in [5.41, 5.74) is 0. The van der Waals surface area contributed by atoms with Crippen LogP contribution in [0.2, 0.25) is 103 Å². The number of aliphatic hydroxyl groups is 2. The second kappa shape index (κ2) is 27.4. The molecule has 0 bridgehead atoms. The molecule has 0 aliphatic carbocycles. The first kappa shape index (κ1) is 51.8. The van der Waals surface area contributed by atoms with Crippen LogP contribution in [-0.4, -0.2) is 147 Å². The van der Waals surface area contributed by atoms with Crippen LogP contribution in [0.15, 0.2) is 0 Å². The number of rotatable bonds is 36. The zero-order chi connectivity index (χ0) is 38.9. The molecular formula is C33H80O12Si6. The second-order valence-corrected chi connectivity index (χ2v) is 41.4. The van der Waals surface area contributed by atoms with E-state index in [1.807, 2.05) is 0 Å². The molecule has 0 fully saturated rings. The van der Waals surface area contributed by atoms with Crippen molar-refractivity contribution >= 4 is 50.4 Å². The Morgan fingerprint density at radius 2 is 0.549 bits per heavy atom. The molecule has 0 aromatic carbocycles. The Morgan fingerprint density at radius 3 is 0.804 bits per heavy atom. The molecule has 51 heavy (non-hydrogen) atoms. The van der Waals surface area contributed by atoms with Crippen LogP contribution in [0, 0.1) is 0 Å². The molecule has 18 heteroatoms. The van der Waals surface area contributed by atoms with E-state index in [9.17, 15) is 0 Å². The lowest BCUT2D eigenvalue weighted by atomic mass is 10.5. The van der Waals surface area contributed by atoms with Crippen LogP contribution in [0.1, 0.15) is 25.7 Å². The van der Waals surface area contributed by atoms with Crippen molar-refractivity contribution in [2.75, 3.05) is 86.1 Å². The predicted octanol–water partition coefficient (Wildman–Crippen LogP) is 6.88. The van der Waals surface area contributed by atoms with E-state index in [-0.39, 0.29) is 20.0 Å². The average Bonchev–Trinajstić information content (AvgIpc) is 2.96. The summed E-state index contributed by atoms with van der Waals surface area (Å²) in [6.07, 6.45) is 3.83. The van der Waals surface area contributed by atoms with Gasteiger partial charge < -0.3 is 55.1 Å². The van der Waals surface area contributed by atoms with Crippen LogP contribution in [-0.2, 0) is 44.9 Å². The number of hydrogen-bond acceptors (Lipinski definition) is 12. The Hall–Kier alpha value is 0.821. The minimum absolute atomic E-state index is 0.0682. The van der Waals surface area contributed by atoms with Gasteiger partial charge in [-0.25, -0.2) is 0 Å². The van der Waals surface area contributed by atoms with E-state index < -0.39 is 50.4 Å². The fourth-order valence-electron chi connectivity index (χ4n) is 6.26. The third-order valence-electron chi connectivity index (χ3n) is 7.74. The average molecular weight is 838 g/mol. The van der Waals surface area contributed by atoms with Crippen LogP contribution in [0.25, 0.3) is 0 Å². The number of hydrogen-bond donors (Lipinski definition) is 2. The van der Waals surface area contributed by atoms with Gasteiger partial charge in [0.2, 0.25) is 0 Å². The van der Waals surface area contributed by atoms with Crippen LogP contribution in [0.4, 0.5) is 0 Å². The summed E-state index contributed by atoms with van der Waals surface area (Å²) < 4.78 is 60.2. The van der Waals surface area contributed by atoms with Crippen molar-refractivity contribution in [3.63, 3.8) is 0 Å². The number of ether oxygens (including phenoxy) is 6. The highest BCUT2D eigenvalue weighted by Gasteiger charge is 2.40. The van der Waals surface area contributed by atoms with Crippen molar-refractivity contribution in [3.05, 3.63) is 0 Å². The monoisotopic (exact) mass is 836 g/mol. The normalized spacial score (nSPS) is 13.8. The third-order valence-corrected chi connectivity index (χ3v) is 30.7. The molecule has 0 aliphatic rings. The molecule has 0 rings (SSSR count). The van der Waals surface area contributed by atoms with E-state index in [1.54, 1.807) is 0 Å². The van der Waals surface area contributed by atoms with Crippen molar-refractivity contribution in [1.29, 1.82) is 0 Å². The Balaban J connectivity index is 3.93. The van der Waals surface area contributed by atoms with Crippen molar-refractivity contribution in [1.82, 2.24) is 0 Å². The summed E-state index contributed by atoms with van der Waals surface area (Å²) in [7, 11) is -11.9. The molecule has 0 spiro atoms. The van der Waals surface area contributed by atoms with Gasteiger partial charge in [0.05, 0.1) is 52.9 Å². The smallest absolute Gasteiger partial charge is 0.311 e. The Labute approximate surface area is 318 Å². The first-order chi connectivity index (χ1) is 23.7. The largest absolute Gasteiger partial charge is 0.437 e. The standard InChI is InChI=1S/C33H80O12Si6/c1-46(2,29-13-19-36-23-17-34)42-50(9,10)44-48(5,6)31-15-21-38-25-27-40-33-41-28-26-39-22-16-32-49(7,8)45-51(11,12)43-47(3,4)30-14-20-37-24-18-35/h34-35H,13-33H2,1-12H3. The van der Waals surface area contributed by atoms with E-state index in [0.717, 1.165) is 49.9 Å². The van der Waals surface area contributed by atoms with E-state index in [0.29, 0.717) is 66.1 Å². The predicted molar refractivity (Wildman–Crippen MR) is 221 cm³/mol. The quantitative estimate of drug-likeness (QED) is 0.0388. The molecule has 0 amide bonds. The van der Waals surface area contributed by atoms with Gasteiger partial charge in [0.15, 0.2) is 33.3 Å². The zero-order valence-electron chi connectivity index (χ0n) is 34.8. The Kier molecular flexibility index (Phi) is 27.9. The Morgan fingerprint density at radius 1 is 0.314 bits per heavy atom.